The van der Waals surface area contributed by atoms with Crippen molar-refractivity contribution in [1.29, 1.82) is 0 Å². The number of rotatable bonds is 1. The zero-order chi connectivity index (χ0) is 15.1. The standard InChI is InChI=1S/C14H12ClF3N2/c1-7-4-9(3)10(5-8(7)2)11-6-12(15)20-13(19-11)14(16,17)18/h4-6H,1-3H3. The van der Waals surface area contributed by atoms with Gasteiger partial charge in [0, 0.05) is 11.6 Å². The van der Waals surface area contributed by atoms with Crippen LogP contribution in [0.5, 0.6) is 0 Å². The molecule has 0 spiro atoms. The summed E-state index contributed by atoms with van der Waals surface area (Å²) in [6, 6.07) is 5.06. The number of aromatic nitrogens is 2. The van der Waals surface area contributed by atoms with E-state index in [1.54, 1.807) is 0 Å². The Morgan fingerprint density at radius 1 is 0.900 bits per heavy atom. The minimum atomic E-state index is -4.62. The van der Waals surface area contributed by atoms with Crippen LogP contribution in [-0.4, -0.2) is 9.97 Å². The van der Waals surface area contributed by atoms with E-state index in [1.165, 1.54) is 6.07 Å². The first-order valence-electron chi connectivity index (χ1n) is 5.88. The van der Waals surface area contributed by atoms with Gasteiger partial charge in [-0.05, 0) is 43.5 Å². The molecule has 20 heavy (non-hydrogen) atoms. The van der Waals surface area contributed by atoms with Crippen LogP contribution in [0.3, 0.4) is 0 Å². The Hall–Kier alpha value is -1.62. The molecule has 2 aromatic rings. The van der Waals surface area contributed by atoms with Crippen LogP contribution >= 0.6 is 11.6 Å². The Labute approximate surface area is 119 Å². The number of alkyl halides is 3. The molecule has 0 bridgehead atoms. The molecule has 0 amide bonds. The van der Waals surface area contributed by atoms with E-state index >= 15 is 0 Å². The van der Waals surface area contributed by atoms with Crippen LogP contribution in [-0.2, 0) is 6.18 Å². The Bertz CT molecular complexity index is 666. The molecule has 0 radical (unpaired) electrons. The van der Waals surface area contributed by atoms with Gasteiger partial charge in [0.05, 0.1) is 5.69 Å². The molecule has 0 saturated carbocycles. The van der Waals surface area contributed by atoms with Crippen LogP contribution in [0.1, 0.15) is 22.5 Å². The number of aryl methyl sites for hydroxylation is 3. The molecule has 0 unspecified atom stereocenters. The highest BCUT2D eigenvalue weighted by molar-refractivity contribution is 6.29. The summed E-state index contributed by atoms with van der Waals surface area (Å²) >= 11 is 5.68. The lowest BCUT2D eigenvalue weighted by atomic mass is 9.98. The maximum atomic E-state index is 12.7. The van der Waals surface area contributed by atoms with E-state index in [2.05, 4.69) is 9.97 Å². The van der Waals surface area contributed by atoms with Gasteiger partial charge in [-0.15, -0.1) is 0 Å². The molecule has 2 rings (SSSR count). The maximum absolute atomic E-state index is 12.7. The molecule has 106 valence electrons. The highest BCUT2D eigenvalue weighted by Crippen LogP contribution is 2.31. The third-order valence-electron chi connectivity index (χ3n) is 3.07. The SMILES string of the molecule is Cc1cc(C)c(-c2cc(Cl)nc(C(F)(F)F)n2)cc1C. The van der Waals surface area contributed by atoms with Crippen LogP contribution in [0.15, 0.2) is 18.2 Å². The molecule has 0 N–H and O–H groups in total. The highest BCUT2D eigenvalue weighted by atomic mass is 35.5. The van der Waals surface area contributed by atoms with Gasteiger partial charge in [-0.3, -0.25) is 0 Å². The fourth-order valence-electron chi connectivity index (χ4n) is 1.92. The normalized spacial score (nSPS) is 11.8. The minimum absolute atomic E-state index is 0.179. The van der Waals surface area contributed by atoms with E-state index < -0.39 is 12.0 Å². The molecule has 0 aliphatic heterocycles. The fourth-order valence-corrected chi connectivity index (χ4v) is 2.10. The zero-order valence-corrected chi connectivity index (χ0v) is 11.9. The van der Waals surface area contributed by atoms with E-state index in [0.717, 1.165) is 16.7 Å². The summed E-state index contributed by atoms with van der Waals surface area (Å²) in [7, 11) is 0. The lowest BCUT2D eigenvalue weighted by molar-refractivity contribution is -0.144. The van der Waals surface area contributed by atoms with Gasteiger partial charge < -0.3 is 0 Å². The molecule has 1 aromatic heterocycles. The number of nitrogens with zero attached hydrogens (tertiary/aromatic N) is 2. The van der Waals surface area contributed by atoms with Gasteiger partial charge >= 0.3 is 6.18 Å². The van der Waals surface area contributed by atoms with Gasteiger partial charge in [0.25, 0.3) is 0 Å². The van der Waals surface area contributed by atoms with Crippen LogP contribution in [0.2, 0.25) is 5.15 Å². The van der Waals surface area contributed by atoms with E-state index in [9.17, 15) is 13.2 Å². The van der Waals surface area contributed by atoms with Gasteiger partial charge in [-0.2, -0.15) is 13.2 Å². The van der Waals surface area contributed by atoms with Crippen molar-refractivity contribution < 1.29 is 13.2 Å². The van der Waals surface area contributed by atoms with Gasteiger partial charge in [-0.25, -0.2) is 9.97 Å². The smallest absolute Gasteiger partial charge is 0.224 e. The summed E-state index contributed by atoms with van der Waals surface area (Å²) < 4.78 is 38.2. The Balaban J connectivity index is 2.64. The van der Waals surface area contributed by atoms with Crippen LogP contribution in [0.25, 0.3) is 11.3 Å². The van der Waals surface area contributed by atoms with Crippen molar-refractivity contribution in [2.24, 2.45) is 0 Å². The summed E-state index contributed by atoms with van der Waals surface area (Å²) in [5.74, 6) is -1.22. The number of halogens is 4. The first kappa shape index (κ1) is 14.8. The maximum Gasteiger partial charge on any atom is 0.451 e. The monoisotopic (exact) mass is 300 g/mol. The van der Waals surface area contributed by atoms with Crippen LogP contribution < -0.4 is 0 Å². The first-order chi connectivity index (χ1) is 9.18. The fraction of sp³-hybridized carbons (Fsp3) is 0.286. The van der Waals surface area contributed by atoms with Crippen molar-refractivity contribution in [1.82, 2.24) is 9.97 Å². The summed E-state index contributed by atoms with van der Waals surface area (Å²) in [5, 5.41) is -0.222. The second kappa shape index (κ2) is 5.05. The lowest BCUT2D eigenvalue weighted by Gasteiger charge is -2.12. The minimum Gasteiger partial charge on any atom is -0.224 e. The van der Waals surface area contributed by atoms with Crippen molar-refractivity contribution in [3.8, 4) is 11.3 Å². The average molecular weight is 301 g/mol. The number of hydrogen-bond acceptors (Lipinski definition) is 2. The molecule has 1 aromatic carbocycles. The van der Waals surface area contributed by atoms with Crippen molar-refractivity contribution in [2.75, 3.05) is 0 Å². The van der Waals surface area contributed by atoms with E-state index in [4.69, 9.17) is 11.6 Å². The lowest BCUT2D eigenvalue weighted by Crippen LogP contribution is -2.11. The molecule has 0 saturated heterocycles. The molecule has 6 heteroatoms. The van der Waals surface area contributed by atoms with Crippen molar-refractivity contribution >= 4 is 11.6 Å². The van der Waals surface area contributed by atoms with E-state index in [0.29, 0.717) is 5.56 Å². The number of hydrogen-bond donors (Lipinski definition) is 0. The topological polar surface area (TPSA) is 25.8 Å². The third-order valence-corrected chi connectivity index (χ3v) is 3.26. The van der Waals surface area contributed by atoms with E-state index in [-0.39, 0.29) is 10.8 Å². The molecule has 0 aliphatic rings. The van der Waals surface area contributed by atoms with Crippen molar-refractivity contribution in [3.63, 3.8) is 0 Å². The highest BCUT2D eigenvalue weighted by Gasteiger charge is 2.35. The molecular formula is C14H12ClF3N2. The van der Waals surface area contributed by atoms with Gasteiger partial charge in [0.1, 0.15) is 5.15 Å². The molecule has 1 heterocycles. The molecule has 0 fully saturated rings. The second-order valence-electron chi connectivity index (χ2n) is 4.65. The number of benzene rings is 1. The average Bonchev–Trinajstić information content (AvgIpc) is 2.32. The predicted molar refractivity (Wildman–Crippen MR) is 71.7 cm³/mol. The Morgan fingerprint density at radius 2 is 1.50 bits per heavy atom. The molecule has 0 atom stereocenters. The Morgan fingerprint density at radius 3 is 2.10 bits per heavy atom. The van der Waals surface area contributed by atoms with E-state index in [1.807, 2.05) is 32.9 Å². The molecule has 0 aliphatic carbocycles. The quantitative estimate of drug-likeness (QED) is 0.711. The van der Waals surface area contributed by atoms with Gasteiger partial charge in [0.15, 0.2) is 0 Å². The largest absolute Gasteiger partial charge is 0.451 e. The molecular weight excluding hydrogens is 289 g/mol. The Kier molecular flexibility index (Phi) is 3.73. The summed E-state index contributed by atoms with van der Waals surface area (Å²) in [6.07, 6.45) is -4.62. The van der Waals surface area contributed by atoms with Crippen LogP contribution in [0, 0.1) is 20.8 Å². The first-order valence-corrected chi connectivity index (χ1v) is 6.26. The molecule has 2 nitrogen and oxygen atoms in total. The summed E-state index contributed by atoms with van der Waals surface area (Å²) in [6.45, 7) is 5.66. The van der Waals surface area contributed by atoms with Gasteiger partial charge in [0.2, 0.25) is 5.82 Å². The van der Waals surface area contributed by atoms with Crippen molar-refractivity contribution in [2.45, 2.75) is 26.9 Å². The third kappa shape index (κ3) is 2.93. The summed E-state index contributed by atoms with van der Waals surface area (Å²) in [5.41, 5.74) is 3.70. The second-order valence-corrected chi connectivity index (χ2v) is 5.04. The summed E-state index contributed by atoms with van der Waals surface area (Å²) in [4.78, 5) is 6.82. The van der Waals surface area contributed by atoms with Crippen LogP contribution in [0.4, 0.5) is 13.2 Å². The van der Waals surface area contributed by atoms with Crippen molar-refractivity contribution in [3.05, 3.63) is 45.9 Å². The zero-order valence-electron chi connectivity index (χ0n) is 11.1. The van der Waals surface area contributed by atoms with Gasteiger partial charge in [-0.1, -0.05) is 17.7 Å². The predicted octanol–water partition coefficient (Wildman–Crippen LogP) is 4.74.